The quantitative estimate of drug-likeness (QED) is 0.163. The van der Waals surface area contributed by atoms with E-state index in [1.54, 1.807) is 36.6 Å². The number of hydrogen-bond acceptors (Lipinski definition) is 7. The van der Waals surface area contributed by atoms with Gasteiger partial charge in [-0.3, -0.25) is 14.4 Å². The number of nitrogens with zero attached hydrogens (tertiary/aromatic N) is 1. The molecule has 0 spiro atoms. The molecule has 2 heterocycles. The van der Waals surface area contributed by atoms with Crippen molar-refractivity contribution < 1.29 is 32.7 Å². The maximum absolute atomic E-state index is 12.8. The molecule has 2 aromatic heterocycles. The Morgan fingerprint density at radius 1 is 0.950 bits per heavy atom. The molecular formula is C27H21F3N4O4S2. The molecule has 3 amide bonds. The van der Waals surface area contributed by atoms with E-state index in [-0.39, 0.29) is 27.8 Å². The number of aromatic hydroxyl groups is 1. The van der Waals surface area contributed by atoms with Gasteiger partial charge in [-0.2, -0.15) is 18.3 Å². The minimum Gasteiger partial charge on any atom is -0.506 e. The van der Waals surface area contributed by atoms with E-state index in [2.05, 4.69) is 15.8 Å². The van der Waals surface area contributed by atoms with E-state index in [9.17, 15) is 32.7 Å². The molecule has 0 unspecified atom stereocenters. The lowest BCUT2D eigenvalue weighted by molar-refractivity contribution is -0.137. The first-order valence-electron chi connectivity index (χ1n) is 11.5. The molecule has 0 fully saturated rings. The highest BCUT2D eigenvalue weighted by molar-refractivity contribution is 7.16. The summed E-state index contributed by atoms with van der Waals surface area (Å²) >= 11 is 2.06. The van der Waals surface area contributed by atoms with Crippen molar-refractivity contribution in [2.24, 2.45) is 10.8 Å². The van der Waals surface area contributed by atoms with Crippen LogP contribution in [0.2, 0.25) is 0 Å². The summed E-state index contributed by atoms with van der Waals surface area (Å²) in [6.45, 7) is 1.62. The van der Waals surface area contributed by atoms with Crippen LogP contribution in [-0.2, 0) is 12.7 Å². The Bertz CT molecular complexity index is 1610. The zero-order valence-electron chi connectivity index (χ0n) is 20.7. The number of benzene rings is 2. The molecule has 0 saturated carbocycles. The van der Waals surface area contributed by atoms with Gasteiger partial charge >= 0.3 is 6.18 Å². The number of carbonyl (C=O) groups excluding carboxylic acids is 3. The van der Waals surface area contributed by atoms with Gasteiger partial charge in [0.1, 0.15) is 5.75 Å². The lowest BCUT2D eigenvalue weighted by Crippen LogP contribution is -2.24. The Morgan fingerprint density at radius 2 is 1.60 bits per heavy atom. The van der Waals surface area contributed by atoms with E-state index in [0.717, 1.165) is 34.8 Å². The fraction of sp³-hybridized carbons (Fsp3) is 0.111. The predicted octanol–water partition coefficient (Wildman–Crippen LogP) is 5.38. The summed E-state index contributed by atoms with van der Waals surface area (Å²) < 4.78 is 38.5. The third-order valence-electron chi connectivity index (χ3n) is 5.73. The molecule has 4 rings (SSSR count). The summed E-state index contributed by atoms with van der Waals surface area (Å²) in [6, 6.07) is 14.0. The predicted molar refractivity (Wildman–Crippen MR) is 147 cm³/mol. The number of amides is 3. The van der Waals surface area contributed by atoms with Gasteiger partial charge in [-0.05, 0) is 48.4 Å². The summed E-state index contributed by atoms with van der Waals surface area (Å²) in [7, 11) is 0. The van der Waals surface area contributed by atoms with Crippen LogP contribution in [0.25, 0.3) is 10.4 Å². The van der Waals surface area contributed by atoms with Crippen LogP contribution in [0, 0.1) is 0 Å². The van der Waals surface area contributed by atoms with Crippen molar-refractivity contribution in [3.63, 3.8) is 0 Å². The highest BCUT2D eigenvalue weighted by Crippen LogP contribution is 2.40. The second-order valence-electron chi connectivity index (χ2n) is 8.41. The summed E-state index contributed by atoms with van der Waals surface area (Å²) in [4.78, 5) is 37.5. The molecule has 0 aliphatic carbocycles. The van der Waals surface area contributed by atoms with Gasteiger partial charge in [0.05, 0.1) is 31.5 Å². The summed E-state index contributed by atoms with van der Waals surface area (Å²) in [6.07, 6.45) is -4.46. The molecule has 0 bridgehead atoms. The van der Waals surface area contributed by atoms with Crippen LogP contribution in [0.4, 0.5) is 13.2 Å². The number of rotatable bonds is 8. The molecule has 8 nitrogen and oxygen atoms in total. The van der Waals surface area contributed by atoms with Gasteiger partial charge in [-0.25, -0.2) is 5.43 Å². The Balaban J connectivity index is 1.39. The minimum atomic E-state index is -4.46. The Hall–Kier alpha value is -4.49. The van der Waals surface area contributed by atoms with Gasteiger partial charge in [-0.15, -0.1) is 22.7 Å². The second kappa shape index (κ2) is 11.7. The fourth-order valence-corrected chi connectivity index (χ4v) is 5.46. The van der Waals surface area contributed by atoms with E-state index in [4.69, 9.17) is 5.73 Å². The van der Waals surface area contributed by atoms with E-state index in [1.165, 1.54) is 24.3 Å². The maximum Gasteiger partial charge on any atom is 0.416 e. The molecule has 0 atom stereocenters. The summed E-state index contributed by atoms with van der Waals surface area (Å²) in [5, 5.41) is 18.9. The van der Waals surface area contributed by atoms with Crippen LogP contribution in [0.15, 0.2) is 71.1 Å². The summed E-state index contributed by atoms with van der Waals surface area (Å²) in [5.74, 6) is -1.81. The lowest BCUT2D eigenvalue weighted by atomic mass is 10.1. The van der Waals surface area contributed by atoms with Gasteiger partial charge in [0.15, 0.2) is 0 Å². The van der Waals surface area contributed by atoms with Crippen LogP contribution < -0.4 is 16.5 Å². The van der Waals surface area contributed by atoms with Crippen molar-refractivity contribution in [1.82, 2.24) is 10.7 Å². The highest BCUT2D eigenvalue weighted by atomic mass is 32.1. The van der Waals surface area contributed by atoms with Crippen LogP contribution in [0.3, 0.4) is 0 Å². The lowest BCUT2D eigenvalue weighted by Gasteiger charge is -2.07. The minimum absolute atomic E-state index is 0.0689. The Morgan fingerprint density at radius 3 is 2.25 bits per heavy atom. The van der Waals surface area contributed by atoms with Crippen LogP contribution in [0.5, 0.6) is 5.75 Å². The normalized spacial score (nSPS) is 11.8. The third-order valence-corrected chi connectivity index (χ3v) is 7.83. The maximum atomic E-state index is 12.8. The standard InChI is InChI=1S/C27H21F3N4O4S2/c1-14(19-13-39-23(22(19)35)15-6-8-17(9-7-15)27(28,29)30)33-34-26(38)21-11-10-20(40-21)25(37)32-12-16-4-2-3-5-18(16)24(31)36/h2-11,13,35H,12H2,1H3,(H2,31,36)(H,32,37)(H,34,38)/b33-14+. The van der Waals surface area contributed by atoms with Gasteiger partial charge < -0.3 is 16.2 Å². The van der Waals surface area contributed by atoms with Crippen molar-refractivity contribution in [2.45, 2.75) is 19.6 Å². The highest BCUT2D eigenvalue weighted by Gasteiger charge is 2.30. The number of hydrazone groups is 1. The Kier molecular flexibility index (Phi) is 8.35. The number of alkyl halides is 3. The molecule has 0 saturated heterocycles. The van der Waals surface area contributed by atoms with E-state index in [0.29, 0.717) is 27.1 Å². The number of carbonyl (C=O) groups is 3. The first-order chi connectivity index (χ1) is 19.0. The zero-order chi connectivity index (χ0) is 29.0. The molecule has 2 aromatic carbocycles. The number of halogens is 3. The van der Waals surface area contributed by atoms with Crippen molar-refractivity contribution in [2.75, 3.05) is 0 Å². The van der Waals surface area contributed by atoms with E-state index in [1.807, 2.05) is 0 Å². The van der Waals surface area contributed by atoms with Gasteiger partial charge in [-0.1, -0.05) is 30.3 Å². The molecule has 0 aliphatic heterocycles. The first kappa shape index (κ1) is 28.5. The zero-order valence-corrected chi connectivity index (χ0v) is 22.3. The molecule has 0 radical (unpaired) electrons. The smallest absolute Gasteiger partial charge is 0.416 e. The Labute approximate surface area is 234 Å². The largest absolute Gasteiger partial charge is 0.506 e. The molecule has 4 aromatic rings. The number of nitrogens with two attached hydrogens (primary N) is 1. The van der Waals surface area contributed by atoms with Crippen molar-refractivity contribution in [1.29, 1.82) is 0 Å². The van der Waals surface area contributed by atoms with Crippen molar-refractivity contribution in [3.8, 4) is 16.2 Å². The first-order valence-corrected chi connectivity index (χ1v) is 13.2. The number of thiophene rings is 2. The van der Waals surface area contributed by atoms with Crippen molar-refractivity contribution in [3.05, 3.63) is 98.1 Å². The van der Waals surface area contributed by atoms with Crippen LogP contribution in [-0.4, -0.2) is 28.5 Å². The topological polar surface area (TPSA) is 134 Å². The van der Waals surface area contributed by atoms with Crippen molar-refractivity contribution >= 4 is 46.1 Å². The second-order valence-corrected chi connectivity index (χ2v) is 10.4. The molecule has 5 N–H and O–H groups in total. The SMILES string of the molecule is C/C(=N\NC(=O)c1ccc(C(=O)NCc2ccccc2C(N)=O)s1)c1csc(-c2ccc(C(F)(F)F)cc2)c1O. The van der Waals surface area contributed by atoms with Crippen LogP contribution in [0.1, 0.15) is 53.3 Å². The number of nitrogens with one attached hydrogen (secondary N) is 2. The van der Waals surface area contributed by atoms with E-state index < -0.39 is 29.5 Å². The molecule has 206 valence electrons. The third kappa shape index (κ3) is 6.38. The number of hydrogen-bond donors (Lipinski definition) is 4. The molecule has 13 heteroatoms. The van der Waals surface area contributed by atoms with Crippen LogP contribution >= 0.6 is 22.7 Å². The molecule has 0 aliphatic rings. The summed E-state index contributed by atoms with van der Waals surface area (Å²) in [5.41, 5.74) is 8.77. The monoisotopic (exact) mass is 586 g/mol. The average molecular weight is 587 g/mol. The van der Waals surface area contributed by atoms with E-state index >= 15 is 0 Å². The average Bonchev–Trinajstić information content (AvgIpc) is 3.57. The number of primary amides is 1. The van der Waals surface area contributed by atoms with Gasteiger partial charge in [0.2, 0.25) is 5.91 Å². The fourth-order valence-electron chi connectivity index (χ4n) is 3.63. The van der Waals surface area contributed by atoms with Gasteiger partial charge in [0, 0.05) is 17.5 Å². The molecular weight excluding hydrogens is 565 g/mol. The van der Waals surface area contributed by atoms with Gasteiger partial charge in [0.25, 0.3) is 11.8 Å². The molecule has 40 heavy (non-hydrogen) atoms.